The quantitative estimate of drug-likeness (QED) is 0.448. The zero-order valence-corrected chi connectivity index (χ0v) is 11.8. The van der Waals surface area contributed by atoms with Gasteiger partial charge in [-0.05, 0) is 13.8 Å². The van der Waals surface area contributed by atoms with Crippen molar-refractivity contribution in [3.8, 4) is 0 Å². The first kappa shape index (κ1) is 16.9. The minimum Gasteiger partial charge on any atom is -0.466 e. The van der Waals surface area contributed by atoms with Crippen molar-refractivity contribution in [1.82, 2.24) is 10.0 Å². The maximum Gasteiger partial charge on any atom is 0.307 e. The second-order valence-electron chi connectivity index (χ2n) is 3.91. The Labute approximate surface area is 109 Å². The molecule has 0 bridgehead atoms. The molecule has 0 aromatic heterocycles. The molecule has 0 aromatic carbocycles. The van der Waals surface area contributed by atoms with Crippen molar-refractivity contribution in [1.29, 1.82) is 0 Å². The van der Waals surface area contributed by atoms with Gasteiger partial charge in [0.15, 0.2) is 0 Å². The molecule has 0 spiro atoms. The zero-order valence-electron chi connectivity index (χ0n) is 11.8. The number of carbonyl (C=O) groups excluding carboxylic acids is 2. The molecule has 0 heterocycles. The number of hydrogen-bond acceptors (Lipinski definition) is 6. The predicted octanol–water partition coefficient (Wildman–Crippen LogP) is 0.671. The van der Waals surface area contributed by atoms with Crippen LogP contribution in [-0.4, -0.2) is 62.4 Å². The number of esters is 2. The van der Waals surface area contributed by atoms with Crippen LogP contribution in [0.15, 0.2) is 0 Å². The molecular weight excluding hydrogens is 236 g/mol. The molecule has 0 aliphatic heterocycles. The number of carbonyl (C=O) groups is 2. The van der Waals surface area contributed by atoms with Crippen molar-refractivity contribution in [3.05, 3.63) is 0 Å². The summed E-state index contributed by atoms with van der Waals surface area (Å²) in [6.07, 6.45) is 0.629. The van der Waals surface area contributed by atoms with E-state index in [-0.39, 0.29) is 11.9 Å². The lowest BCUT2D eigenvalue weighted by Gasteiger charge is -2.28. The minimum atomic E-state index is -0.222. The SMILES string of the molecule is CCOC(=O)CCN(CCC(=O)OCC)N(C)C. The number of hydrogen-bond donors (Lipinski definition) is 0. The van der Waals surface area contributed by atoms with E-state index in [0.29, 0.717) is 39.1 Å². The van der Waals surface area contributed by atoms with Crippen LogP contribution >= 0.6 is 0 Å². The van der Waals surface area contributed by atoms with Crippen LogP contribution in [0.4, 0.5) is 0 Å². The van der Waals surface area contributed by atoms with Gasteiger partial charge in [-0.3, -0.25) is 9.59 Å². The van der Waals surface area contributed by atoms with Crippen molar-refractivity contribution in [2.45, 2.75) is 26.7 Å². The second-order valence-corrected chi connectivity index (χ2v) is 3.91. The molecule has 0 rings (SSSR count). The first-order chi connectivity index (χ1) is 8.51. The van der Waals surface area contributed by atoms with Crippen LogP contribution in [-0.2, 0) is 19.1 Å². The molecule has 0 fully saturated rings. The van der Waals surface area contributed by atoms with E-state index in [1.165, 1.54) is 0 Å². The van der Waals surface area contributed by atoms with Crippen molar-refractivity contribution in [3.63, 3.8) is 0 Å². The molecule has 0 aromatic rings. The summed E-state index contributed by atoms with van der Waals surface area (Å²) in [6, 6.07) is 0. The molecule has 18 heavy (non-hydrogen) atoms. The average molecular weight is 260 g/mol. The van der Waals surface area contributed by atoms with Gasteiger partial charge in [-0.15, -0.1) is 0 Å². The van der Waals surface area contributed by atoms with Crippen molar-refractivity contribution in [2.75, 3.05) is 40.4 Å². The highest BCUT2D eigenvalue weighted by Gasteiger charge is 2.13. The molecule has 6 nitrogen and oxygen atoms in total. The Morgan fingerprint density at radius 2 is 1.28 bits per heavy atom. The third-order valence-electron chi connectivity index (χ3n) is 2.32. The van der Waals surface area contributed by atoms with Gasteiger partial charge in [0.1, 0.15) is 0 Å². The van der Waals surface area contributed by atoms with Crippen LogP contribution in [0, 0.1) is 0 Å². The first-order valence-electron chi connectivity index (χ1n) is 6.24. The van der Waals surface area contributed by atoms with E-state index in [9.17, 15) is 9.59 Å². The fourth-order valence-electron chi connectivity index (χ4n) is 1.42. The highest BCUT2D eigenvalue weighted by atomic mass is 16.5. The van der Waals surface area contributed by atoms with Crippen molar-refractivity contribution in [2.24, 2.45) is 0 Å². The number of hydrazine groups is 1. The van der Waals surface area contributed by atoms with E-state index in [2.05, 4.69) is 0 Å². The lowest BCUT2D eigenvalue weighted by atomic mass is 10.3. The Hall–Kier alpha value is -1.14. The van der Waals surface area contributed by atoms with Crippen LogP contribution in [0.1, 0.15) is 26.7 Å². The van der Waals surface area contributed by atoms with Crippen molar-refractivity contribution >= 4 is 11.9 Å². The Balaban J connectivity index is 3.99. The predicted molar refractivity (Wildman–Crippen MR) is 67.8 cm³/mol. The standard InChI is InChI=1S/C12H24N2O4/c1-5-17-11(15)7-9-14(13(3)4)10-8-12(16)18-6-2/h5-10H2,1-4H3. The van der Waals surface area contributed by atoms with E-state index in [1.54, 1.807) is 13.8 Å². The molecule has 0 atom stereocenters. The molecule has 0 N–H and O–H groups in total. The van der Waals surface area contributed by atoms with Crippen molar-refractivity contribution < 1.29 is 19.1 Å². The molecular formula is C12H24N2O4. The topological polar surface area (TPSA) is 59.1 Å². The molecule has 6 heteroatoms. The van der Waals surface area contributed by atoms with Gasteiger partial charge in [0.05, 0.1) is 26.1 Å². The Kier molecular flexibility index (Phi) is 9.22. The molecule has 0 saturated heterocycles. The maximum atomic E-state index is 11.3. The number of nitrogens with zero attached hydrogens (tertiary/aromatic N) is 2. The lowest BCUT2D eigenvalue weighted by Crippen LogP contribution is -2.40. The van der Waals surface area contributed by atoms with Gasteiger partial charge < -0.3 is 9.47 Å². The summed E-state index contributed by atoms with van der Waals surface area (Å²) in [5.74, 6) is -0.444. The molecule has 0 radical (unpaired) electrons. The highest BCUT2D eigenvalue weighted by Crippen LogP contribution is 1.99. The summed E-state index contributed by atoms with van der Waals surface area (Å²) < 4.78 is 9.72. The Morgan fingerprint density at radius 3 is 1.56 bits per heavy atom. The van der Waals surface area contributed by atoms with Crippen LogP contribution in [0.5, 0.6) is 0 Å². The normalized spacial score (nSPS) is 10.8. The van der Waals surface area contributed by atoms with Crippen LogP contribution in [0.2, 0.25) is 0 Å². The lowest BCUT2D eigenvalue weighted by molar-refractivity contribution is -0.145. The maximum absolute atomic E-state index is 11.3. The molecule has 106 valence electrons. The summed E-state index contributed by atoms with van der Waals surface area (Å²) in [6.45, 7) is 5.41. The van der Waals surface area contributed by atoms with E-state index in [1.807, 2.05) is 24.1 Å². The molecule has 0 saturated carbocycles. The summed E-state index contributed by atoms with van der Waals surface area (Å²) in [5, 5.41) is 3.77. The second kappa shape index (κ2) is 9.85. The van der Waals surface area contributed by atoms with Crippen LogP contribution in [0.3, 0.4) is 0 Å². The number of ether oxygens (including phenoxy) is 2. The smallest absolute Gasteiger partial charge is 0.307 e. The summed E-state index contributed by atoms with van der Waals surface area (Å²) in [4.78, 5) is 22.5. The van der Waals surface area contributed by atoms with E-state index >= 15 is 0 Å². The molecule has 0 unspecified atom stereocenters. The number of rotatable bonds is 9. The Bertz CT molecular complexity index is 234. The third-order valence-corrected chi connectivity index (χ3v) is 2.32. The monoisotopic (exact) mass is 260 g/mol. The van der Waals surface area contributed by atoms with Gasteiger partial charge in [-0.2, -0.15) is 0 Å². The summed E-state index contributed by atoms with van der Waals surface area (Å²) >= 11 is 0. The summed E-state index contributed by atoms with van der Waals surface area (Å²) in [5.41, 5.74) is 0. The fourth-order valence-corrected chi connectivity index (χ4v) is 1.42. The van der Waals surface area contributed by atoms with E-state index in [0.717, 1.165) is 0 Å². The zero-order chi connectivity index (χ0) is 14.0. The van der Waals surface area contributed by atoms with Gasteiger partial charge in [-0.25, -0.2) is 10.0 Å². The van der Waals surface area contributed by atoms with Gasteiger partial charge in [-0.1, -0.05) is 0 Å². The molecule has 0 aliphatic carbocycles. The minimum absolute atomic E-state index is 0.222. The average Bonchev–Trinajstić information content (AvgIpc) is 2.29. The summed E-state index contributed by atoms with van der Waals surface area (Å²) in [7, 11) is 3.74. The van der Waals surface area contributed by atoms with Gasteiger partial charge in [0.2, 0.25) is 0 Å². The molecule has 0 amide bonds. The van der Waals surface area contributed by atoms with Crippen LogP contribution < -0.4 is 0 Å². The Morgan fingerprint density at radius 1 is 0.889 bits per heavy atom. The van der Waals surface area contributed by atoms with E-state index in [4.69, 9.17) is 9.47 Å². The van der Waals surface area contributed by atoms with Gasteiger partial charge >= 0.3 is 11.9 Å². The van der Waals surface area contributed by atoms with Crippen LogP contribution in [0.25, 0.3) is 0 Å². The fraction of sp³-hybridized carbons (Fsp3) is 0.833. The largest absolute Gasteiger partial charge is 0.466 e. The molecule has 0 aliphatic rings. The highest BCUT2D eigenvalue weighted by molar-refractivity contribution is 5.70. The first-order valence-corrected chi connectivity index (χ1v) is 6.24. The van der Waals surface area contributed by atoms with Gasteiger partial charge in [0, 0.05) is 27.2 Å². The van der Waals surface area contributed by atoms with E-state index < -0.39 is 0 Å². The van der Waals surface area contributed by atoms with Gasteiger partial charge in [0.25, 0.3) is 0 Å². The third kappa shape index (κ3) is 8.03.